The number of hydrogen-bond acceptors (Lipinski definition) is 8. The van der Waals surface area contributed by atoms with Crippen LogP contribution < -0.4 is 10.6 Å². The van der Waals surface area contributed by atoms with E-state index in [0.717, 1.165) is 26.5 Å². The van der Waals surface area contributed by atoms with Crippen molar-refractivity contribution in [3.8, 4) is 10.6 Å². The van der Waals surface area contributed by atoms with Crippen LogP contribution in [0.25, 0.3) is 20.8 Å². The monoisotopic (exact) mass is 433 g/mol. The van der Waals surface area contributed by atoms with Crippen LogP contribution in [-0.4, -0.2) is 43.9 Å². The van der Waals surface area contributed by atoms with Crippen molar-refractivity contribution in [1.29, 1.82) is 0 Å². The van der Waals surface area contributed by atoms with Gasteiger partial charge in [0.25, 0.3) is 0 Å². The van der Waals surface area contributed by atoms with Gasteiger partial charge in [0, 0.05) is 30.5 Å². The first-order valence-corrected chi connectivity index (χ1v) is 11.1. The van der Waals surface area contributed by atoms with Gasteiger partial charge in [-0.1, -0.05) is 30.3 Å². The molecule has 1 saturated carbocycles. The second kappa shape index (κ2) is 8.58. The number of aromatic nitrogens is 3. The number of benzene rings is 2. The summed E-state index contributed by atoms with van der Waals surface area (Å²) in [4.78, 5) is 14.0. The SMILES string of the molecule is OCC1CC(Nc2nc(Nc3ccccc3)ncc2-c2nc3ccccc3s2)CC1O. The van der Waals surface area contributed by atoms with Gasteiger partial charge in [-0.3, -0.25) is 0 Å². The molecule has 3 atom stereocenters. The van der Waals surface area contributed by atoms with E-state index in [-0.39, 0.29) is 18.6 Å². The minimum absolute atomic E-state index is 0.0137. The first-order valence-electron chi connectivity index (χ1n) is 10.3. The maximum absolute atomic E-state index is 10.2. The molecule has 2 aromatic carbocycles. The smallest absolute Gasteiger partial charge is 0.229 e. The fraction of sp³-hybridized carbons (Fsp3) is 0.261. The second-order valence-electron chi connectivity index (χ2n) is 7.76. The van der Waals surface area contributed by atoms with Crippen molar-refractivity contribution >= 4 is 39.0 Å². The molecule has 4 aromatic rings. The minimum Gasteiger partial charge on any atom is -0.396 e. The number of anilines is 3. The molecule has 2 heterocycles. The summed E-state index contributed by atoms with van der Waals surface area (Å²) < 4.78 is 1.10. The number of para-hydroxylation sites is 2. The third-order valence-electron chi connectivity index (χ3n) is 5.58. The number of hydrogen-bond donors (Lipinski definition) is 4. The van der Waals surface area contributed by atoms with Gasteiger partial charge in [-0.2, -0.15) is 4.98 Å². The van der Waals surface area contributed by atoms with Crippen LogP contribution in [0, 0.1) is 5.92 Å². The molecular weight excluding hydrogens is 410 g/mol. The van der Waals surface area contributed by atoms with Crippen molar-refractivity contribution in [3.05, 3.63) is 60.8 Å². The zero-order valence-corrected chi connectivity index (χ0v) is 17.6. The number of nitrogens with one attached hydrogen (secondary N) is 2. The summed E-state index contributed by atoms with van der Waals surface area (Å²) in [5.74, 6) is 1.03. The molecule has 0 amide bonds. The average molecular weight is 434 g/mol. The van der Waals surface area contributed by atoms with Gasteiger partial charge in [0.1, 0.15) is 10.8 Å². The third-order valence-corrected chi connectivity index (χ3v) is 6.65. The van der Waals surface area contributed by atoms with Crippen molar-refractivity contribution < 1.29 is 10.2 Å². The molecule has 1 aliphatic carbocycles. The molecule has 0 bridgehead atoms. The normalized spacial score (nSPS) is 20.8. The molecule has 31 heavy (non-hydrogen) atoms. The molecule has 158 valence electrons. The van der Waals surface area contributed by atoms with E-state index in [1.165, 1.54) is 0 Å². The number of fused-ring (bicyclic) bond motifs is 1. The van der Waals surface area contributed by atoms with E-state index >= 15 is 0 Å². The predicted octanol–water partition coefficient (Wildman–Crippen LogP) is 4.04. The first-order chi connectivity index (χ1) is 15.2. The van der Waals surface area contributed by atoms with Crippen LogP contribution in [0.15, 0.2) is 60.8 Å². The summed E-state index contributed by atoms with van der Waals surface area (Å²) in [6.45, 7) is -0.0192. The zero-order valence-electron chi connectivity index (χ0n) is 16.8. The van der Waals surface area contributed by atoms with Crippen molar-refractivity contribution in [3.63, 3.8) is 0 Å². The Morgan fingerprint density at radius 3 is 2.58 bits per heavy atom. The Bertz CT molecular complexity index is 1150. The lowest BCUT2D eigenvalue weighted by Crippen LogP contribution is -2.18. The summed E-state index contributed by atoms with van der Waals surface area (Å²) in [6.07, 6.45) is 2.52. The lowest BCUT2D eigenvalue weighted by molar-refractivity contribution is 0.0908. The lowest BCUT2D eigenvalue weighted by atomic mass is 10.1. The molecule has 3 unspecified atom stereocenters. The van der Waals surface area contributed by atoms with Crippen LogP contribution in [-0.2, 0) is 0 Å². The Hall–Kier alpha value is -3.07. The van der Waals surface area contributed by atoms with Gasteiger partial charge < -0.3 is 20.8 Å². The molecule has 5 rings (SSSR count). The Morgan fingerprint density at radius 2 is 1.81 bits per heavy atom. The summed E-state index contributed by atoms with van der Waals surface area (Å²) in [7, 11) is 0. The van der Waals surface area contributed by atoms with E-state index in [4.69, 9.17) is 9.97 Å². The van der Waals surface area contributed by atoms with Crippen molar-refractivity contribution in [2.75, 3.05) is 17.2 Å². The number of aliphatic hydroxyl groups is 2. The molecule has 1 fully saturated rings. The fourth-order valence-electron chi connectivity index (χ4n) is 3.96. The maximum Gasteiger partial charge on any atom is 0.229 e. The standard InChI is InChI=1S/C23H23N5O2S/c29-13-14-10-16(11-19(14)30)25-21-17(22-27-18-8-4-5-9-20(18)31-22)12-24-23(28-21)26-15-6-2-1-3-7-15/h1-9,12,14,16,19,29-30H,10-11,13H2,(H2,24,25,26,28). The van der Waals surface area contributed by atoms with Crippen LogP contribution >= 0.6 is 11.3 Å². The number of aliphatic hydroxyl groups excluding tert-OH is 2. The number of thiazole rings is 1. The average Bonchev–Trinajstić information content (AvgIpc) is 3.37. The van der Waals surface area contributed by atoms with Gasteiger partial charge in [0.2, 0.25) is 5.95 Å². The van der Waals surface area contributed by atoms with Crippen molar-refractivity contribution in [1.82, 2.24) is 15.0 Å². The van der Waals surface area contributed by atoms with Gasteiger partial charge in [0.05, 0.1) is 21.9 Å². The summed E-state index contributed by atoms with van der Waals surface area (Å²) in [6, 6.07) is 17.8. The second-order valence-corrected chi connectivity index (χ2v) is 8.79. The molecular formula is C23H23N5O2S. The van der Waals surface area contributed by atoms with Gasteiger partial charge in [0.15, 0.2) is 0 Å². The molecule has 0 aliphatic heterocycles. The Labute approximate surface area is 183 Å². The van der Waals surface area contributed by atoms with E-state index < -0.39 is 6.10 Å². The van der Waals surface area contributed by atoms with E-state index in [2.05, 4.69) is 21.7 Å². The zero-order chi connectivity index (χ0) is 21.2. The molecule has 0 saturated heterocycles. The summed E-state index contributed by atoms with van der Waals surface area (Å²) in [5.41, 5.74) is 2.66. The highest BCUT2D eigenvalue weighted by molar-refractivity contribution is 7.21. The number of nitrogens with zero attached hydrogens (tertiary/aromatic N) is 3. The number of rotatable bonds is 6. The summed E-state index contributed by atoms with van der Waals surface area (Å²) >= 11 is 1.60. The highest BCUT2D eigenvalue weighted by atomic mass is 32.1. The van der Waals surface area contributed by atoms with Gasteiger partial charge >= 0.3 is 0 Å². The van der Waals surface area contributed by atoms with Crippen LogP contribution in [0.5, 0.6) is 0 Å². The van der Waals surface area contributed by atoms with Crippen molar-refractivity contribution in [2.24, 2.45) is 5.92 Å². The lowest BCUT2D eigenvalue weighted by Gasteiger charge is -2.16. The molecule has 1 aliphatic rings. The van der Waals surface area contributed by atoms with Crippen LogP contribution in [0.1, 0.15) is 12.8 Å². The Morgan fingerprint density at radius 1 is 1.00 bits per heavy atom. The van der Waals surface area contributed by atoms with E-state index in [1.54, 1.807) is 17.5 Å². The minimum atomic E-state index is -0.517. The Balaban J connectivity index is 1.50. The van der Waals surface area contributed by atoms with E-state index in [1.807, 2.05) is 48.5 Å². The van der Waals surface area contributed by atoms with Crippen LogP contribution in [0.2, 0.25) is 0 Å². The first kappa shape index (κ1) is 19.9. The van der Waals surface area contributed by atoms with E-state index in [0.29, 0.717) is 24.6 Å². The van der Waals surface area contributed by atoms with E-state index in [9.17, 15) is 10.2 Å². The molecule has 8 heteroatoms. The molecule has 0 spiro atoms. The van der Waals surface area contributed by atoms with Gasteiger partial charge in [-0.05, 0) is 37.1 Å². The Kier molecular flexibility index (Phi) is 5.50. The molecule has 0 radical (unpaired) electrons. The predicted molar refractivity (Wildman–Crippen MR) is 124 cm³/mol. The largest absolute Gasteiger partial charge is 0.396 e. The highest BCUT2D eigenvalue weighted by Crippen LogP contribution is 2.36. The van der Waals surface area contributed by atoms with Crippen LogP contribution in [0.4, 0.5) is 17.5 Å². The quantitative estimate of drug-likeness (QED) is 0.364. The van der Waals surface area contributed by atoms with Crippen LogP contribution in [0.3, 0.4) is 0 Å². The van der Waals surface area contributed by atoms with Crippen molar-refractivity contribution in [2.45, 2.75) is 25.0 Å². The molecule has 7 nitrogen and oxygen atoms in total. The third kappa shape index (κ3) is 4.23. The topological polar surface area (TPSA) is 103 Å². The van der Waals surface area contributed by atoms with Gasteiger partial charge in [-0.15, -0.1) is 11.3 Å². The summed E-state index contributed by atoms with van der Waals surface area (Å²) in [5, 5.41) is 27.3. The molecule has 4 N–H and O–H groups in total. The fourth-order valence-corrected chi connectivity index (χ4v) is 4.93. The highest BCUT2D eigenvalue weighted by Gasteiger charge is 2.33. The van der Waals surface area contributed by atoms with Gasteiger partial charge in [-0.25, -0.2) is 9.97 Å². The maximum atomic E-state index is 10.2. The molecule has 2 aromatic heterocycles.